The highest BCUT2D eigenvalue weighted by Crippen LogP contribution is 2.31. The van der Waals surface area contributed by atoms with Crippen molar-refractivity contribution in [1.29, 1.82) is 0 Å². The van der Waals surface area contributed by atoms with Gasteiger partial charge in [-0.15, -0.1) is 0 Å². The molecule has 0 spiro atoms. The van der Waals surface area contributed by atoms with Gasteiger partial charge in [-0.05, 0) is 12.1 Å². The van der Waals surface area contributed by atoms with Crippen molar-refractivity contribution in [3.8, 4) is 16.7 Å². The Kier molecular flexibility index (Phi) is 3.34. The number of benzene rings is 1. The second-order valence-electron chi connectivity index (χ2n) is 5.15. The smallest absolute Gasteiger partial charge is 0.273 e. The summed E-state index contributed by atoms with van der Waals surface area (Å²) in [5.41, 5.74) is 0. The van der Waals surface area contributed by atoms with E-state index in [4.69, 9.17) is 14.2 Å². The molecule has 1 fully saturated rings. The Labute approximate surface area is 131 Å². The SMILES string of the molecule is O=C(C1COc2ccccc2O1)N1CC(Oc2nccs2)C1. The van der Waals surface area contributed by atoms with Gasteiger partial charge in [0, 0.05) is 11.6 Å². The van der Waals surface area contributed by atoms with Crippen molar-refractivity contribution < 1.29 is 19.0 Å². The third kappa shape index (κ3) is 2.48. The molecule has 2 aliphatic heterocycles. The fourth-order valence-corrected chi connectivity index (χ4v) is 3.00. The Morgan fingerprint density at radius 3 is 2.91 bits per heavy atom. The molecule has 1 atom stereocenters. The molecule has 2 aromatic rings. The first kappa shape index (κ1) is 13.4. The minimum absolute atomic E-state index is 0.00638. The van der Waals surface area contributed by atoms with Crippen LogP contribution in [0, 0.1) is 0 Å². The first-order valence-corrected chi connectivity index (χ1v) is 7.91. The molecule has 0 N–H and O–H groups in total. The van der Waals surface area contributed by atoms with Gasteiger partial charge in [0.2, 0.25) is 6.10 Å². The van der Waals surface area contributed by atoms with E-state index in [0.29, 0.717) is 29.8 Å². The van der Waals surface area contributed by atoms with Gasteiger partial charge in [0.15, 0.2) is 11.5 Å². The lowest BCUT2D eigenvalue weighted by Crippen LogP contribution is -2.60. The minimum atomic E-state index is -0.587. The van der Waals surface area contributed by atoms with Crippen molar-refractivity contribution in [1.82, 2.24) is 9.88 Å². The maximum atomic E-state index is 12.4. The maximum absolute atomic E-state index is 12.4. The van der Waals surface area contributed by atoms with Crippen LogP contribution in [0.25, 0.3) is 0 Å². The molecular formula is C15H14N2O4S. The Hall–Kier alpha value is -2.28. The van der Waals surface area contributed by atoms with E-state index in [2.05, 4.69) is 4.98 Å². The van der Waals surface area contributed by atoms with E-state index in [1.54, 1.807) is 17.2 Å². The molecule has 1 aromatic heterocycles. The van der Waals surface area contributed by atoms with E-state index in [1.165, 1.54) is 11.3 Å². The summed E-state index contributed by atoms with van der Waals surface area (Å²) >= 11 is 1.45. The van der Waals surface area contributed by atoms with Crippen molar-refractivity contribution in [2.45, 2.75) is 12.2 Å². The molecule has 6 nitrogen and oxygen atoms in total. The lowest BCUT2D eigenvalue weighted by Gasteiger charge is -2.40. The van der Waals surface area contributed by atoms with Gasteiger partial charge in [-0.1, -0.05) is 23.5 Å². The molecule has 114 valence electrons. The predicted octanol–water partition coefficient (Wildman–Crippen LogP) is 1.57. The van der Waals surface area contributed by atoms with Crippen LogP contribution in [-0.4, -0.2) is 47.7 Å². The summed E-state index contributed by atoms with van der Waals surface area (Å²) < 4.78 is 17.0. The molecule has 1 aromatic carbocycles. The molecule has 2 aliphatic rings. The van der Waals surface area contributed by atoms with Crippen LogP contribution in [0.4, 0.5) is 0 Å². The van der Waals surface area contributed by atoms with Gasteiger partial charge in [0.1, 0.15) is 12.7 Å². The molecule has 1 amide bonds. The number of carbonyl (C=O) groups is 1. The Balaban J connectivity index is 1.33. The second kappa shape index (κ2) is 5.49. The fourth-order valence-electron chi connectivity index (χ4n) is 2.45. The number of fused-ring (bicyclic) bond motifs is 1. The zero-order valence-corrected chi connectivity index (χ0v) is 12.5. The summed E-state index contributed by atoms with van der Waals surface area (Å²) in [6.45, 7) is 1.35. The summed E-state index contributed by atoms with van der Waals surface area (Å²) in [5.74, 6) is 1.23. The van der Waals surface area contributed by atoms with E-state index in [9.17, 15) is 4.79 Å². The minimum Gasteiger partial charge on any atom is -0.485 e. The predicted molar refractivity (Wildman–Crippen MR) is 79.5 cm³/mol. The molecule has 1 saturated heterocycles. The molecule has 4 rings (SSSR count). The number of amides is 1. The fraction of sp³-hybridized carbons (Fsp3) is 0.333. The van der Waals surface area contributed by atoms with E-state index in [0.717, 1.165) is 0 Å². The van der Waals surface area contributed by atoms with Gasteiger partial charge in [-0.3, -0.25) is 4.79 Å². The number of para-hydroxylation sites is 2. The summed E-state index contributed by atoms with van der Waals surface area (Å²) in [4.78, 5) is 18.2. The summed E-state index contributed by atoms with van der Waals surface area (Å²) in [6, 6.07) is 7.37. The number of ether oxygens (including phenoxy) is 3. The van der Waals surface area contributed by atoms with Gasteiger partial charge in [0.25, 0.3) is 11.1 Å². The van der Waals surface area contributed by atoms with E-state index in [-0.39, 0.29) is 18.6 Å². The van der Waals surface area contributed by atoms with Crippen LogP contribution in [-0.2, 0) is 4.79 Å². The number of rotatable bonds is 3. The molecule has 0 bridgehead atoms. The normalized spacial score (nSPS) is 20.4. The number of aromatic nitrogens is 1. The molecule has 7 heteroatoms. The average Bonchev–Trinajstić information content (AvgIpc) is 3.02. The van der Waals surface area contributed by atoms with Crippen LogP contribution in [0.15, 0.2) is 35.8 Å². The average molecular weight is 318 g/mol. The van der Waals surface area contributed by atoms with Crippen LogP contribution in [0.3, 0.4) is 0 Å². The van der Waals surface area contributed by atoms with Gasteiger partial charge in [0.05, 0.1) is 13.1 Å². The number of thiazole rings is 1. The van der Waals surface area contributed by atoms with Crippen LogP contribution in [0.5, 0.6) is 16.7 Å². The molecular weight excluding hydrogens is 304 g/mol. The monoisotopic (exact) mass is 318 g/mol. The third-order valence-corrected chi connectivity index (χ3v) is 4.28. The topological polar surface area (TPSA) is 60.9 Å². The summed E-state index contributed by atoms with van der Waals surface area (Å²) in [6.07, 6.45) is 1.12. The Bertz CT molecular complexity index is 670. The first-order chi connectivity index (χ1) is 10.8. The Morgan fingerprint density at radius 1 is 1.32 bits per heavy atom. The molecule has 3 heterocycles. The van der Waals surface area contributed by atoms with E-state index >= 15 is 0 Å². The first-order valence-electron chi connectivity index (χ1n) is 7.03. The van der Waals surface area contributed by atoms with Crippen LogP contribution in [0.2, 0.25) is 0 Å². The highest BCUT2D eigenvalue weighted by molar-refractivity contribution is 7.11. The standard InChI is InChI=1S/C15H14N2O4S/c18-14(13-9-19-11-3-1-2-4-12(11)21-13)17-7-10(8-17)20-15-16-5-6-22-15/h1-6,10,13H,7-9H2. The second-order valence-corrected chi connectivity index (χ2v) is 6.00. The highest BCUT2D eigenvalue weighted by atomic mass is 32.1. The van der Waals surface area contributed by atoms with Gasteiger partial charge < -0.3 is 19.1 Å². The number of likely N-dealkylation sites (tertiary alicyclic amines) is 1. The van der Waals surface area contributed by atoms with Crippen molar-refractivity contribution in [2.24, 2.45) is 0 Å². The number of hydrogen-bond donors (Lipinski definition) is 0. The quantitative estimate of drug-likeness (QED) is 0.860. The zero-order chi connectivity index (χ0) is 14.9. The molecule has 0 radical (unpaired) electrons. The Morgan fingerprint density at radius 2 is 2.14 bits per heavy atom. The number of hydrogen-bond acceptors (Lipinski definition) is 6. The van der Waals surface area contributed by atoms with Crippen molar-refractivity contribution in [3.63, 3.8) is 0 Å². The van der Waals surface area contributed by atoms with Crippen LogP contribution < -0.4 is 14.2 Å². The highest BCUT2D eigenvalue weighted by Gasteiger charge is 2.38. The maximum Gasteiger partial charge on any atom is 0.273 e. The molecule has 1 unspecified atom stereocenters. The molecule has 22 heavy (non-hydrogen) atoms. The molecule has 0 saturated carbocycles. The van der Waals surface area contributed by atoms with E-state index in [1.807, 2.05) is 23.6 Å². The number of carbonyl (C=O) groups excluding carboxylic acids is 1. The van der Waals surface area contributed by atoms with Crippen molar-refractivity contribution in [2.75, 3.05) is 19.7 Å². The van der Waals surface area contributed by atoms with E-state index < -0.39 is 6.10 Å². The van der Waals surface area contributed by atoms with Crippen molar-refractivity contribution in [3.05, 3.63) is 35.8 Å². The van der Waals surface area contributed by atoms with Crippen LogP contribution >= 0.6 is 11.3 Å². The number of nitrogens with zero attached hydrogens (tertiary/aromatic N) is 2. The summed E-state index contributed by atoms with van der Waals surface area (Å²) in [7, 11) is 0. The molecule has 0 aliphatic carbocycles. The van der Waals surface area contributed by atoms with Crippen molar-refractivity contribution >= 4 is 17.2 Å². The lowest BCUT2D eigenvalue weighted by molar-refractivity contribution is -0.150. The van der Waals surface area contributed by atoms with Gasteiger partial charge in [-0.2, -0.15) is 0 Å². The zero-order valence-electron chi connectivity index (χ0n) is 11.7. The largest absolute Gasteiger partial charge is 0.485 e. The summed E-state index contributed by atoms with van der Waals surface area (Å²) in [5, 5.41) is 2.50. The lowest BCUT2D eigenvalue weighted by atomic mass is 10.1. The van der Waals surface area contributed by atoms with Gasteiger partial charge in [-0.25, -0.2) is 4.98 Å². The van der Waals surface area contributed by atoms with Gasteiger partial charge >= 0.3 is 0 Å². The third-order valence-electron chi connectivity index (χ3n) is 3.62. The van der Waals surface area contributed by atoms with Crippen LogP contribution in [0.1, 0.15) is 0 Å².